The molecule has 0 aliphatic rings. The second kappa shape index (κ2) is 6.19. The van der Waals surface area contributed by atoms with Crippen molar-refractivity contribution in [1.29, 1.82) is 0 Å². The van der Waals surface area contributed by atoms with Gasteiger partial charge in [-0.15, -0.1) is 0 Å². The van der Waals surface area contributed by atoms with Gasteiger partial charge in [0.05, 0.1) is 5.56 Å². The van der Waals surface area contributed by atoms with Crippen LogP contribution in [0.15, 0.2) is 36.4 Å². The summed E-state index contributed by atoms with van der Waals surface area (Å²) >= 11 is 0. The van der Waals surface area contributed by atoms with Crippen molar-refractivity contribution in [2.75, 3.05) is 0 Å². The molecule has 0 aromatic heterocycles. The van der Waals surface area contributed by atoms with Crippen molar-refractivity contribution in [1.82, 2.24) is 5.32 Å². The molecule has 0 aliphatic heterocycles. The molecular formula is C12H11NO5. The Labute approximate surface area is 103 Å². The second-order valence-corrected chi connectivity index (χ2v) is 3.39. The van der Waals surface area contributed by atoms with Crippen molar-refractivity contribution in [2.45, 2.75) is 6.54 Å². The van der Waals surface area contributed by atoms with Crippen LogP contribution in [-0.4, -0.2) is 28.1 Å². The molecule has 94 valence electrons. The summed E-state index contributed by atoms with van der Waals surface area (Å²) in [5, 5.41) is 19.5. The van der Waals surface area contributed by atoms with Crippen molar-refractivity contribution in [3.63, 3.8) is 0 Å². The minimum absolute atomic E-state index is 0.163. The third-order valence-electron chi connectivity index (χ3n) is 2.04. The number of aromatic carboxylic acids is 1. The average Bonchev–Trinajstić information content (AvgIpc) is 2.34. The first kappa shape index (κ1) is 13.4. The minimum atomic E-state index is -1.20. The van der Waals surface area contributed by atoms with Gasteiger partial charge in [-0.05, 0) is 17.7 Å². The van der Waals surface area contributed by atoms with Crippen molar-refractivity contribution in [2.24, 2.45) is 0 Å². The lowest BCUT2D eigenvalue weighted by Gasteiger charge is -2.02. The van der Waals surface area contributed by atoms with Gasteiger partial charge in [0.2, 0.25) is 5.91 Å². The Morgan fingerprint density at radius 2 is 1.67 bits per heavy atom. The Morgan fingerprint density at radius 3 is 2.17 bits per heavy atom. The van der Waals surface area contributed by atoms with Crippen molar-refractivity contribution in [3.8, 4) is 0 Å². The maximum Gasteiger partial charge on any atom is 0.335 e. The highest BCUT2D eigenvalue weighted by Gasteiger charge is 2.02. The van der Waals surface area contributed by atoms with E-state index in [0.717, 1.165) is 17.7 Å². The molecular weight excluding hydrogens is 238 g/mol. The van der Waals surface area contributed by atoms with Gasteiger partial charge < -0.3 is 15.5 Å². The van der Waals surface area contributed by atoms with Crippen molar-refractivity contribution < 1.29 is 24.6 Å². The van der Waals surface area contributed by atoms with Crippen LogP contribution in [0, 0.1) is 0 Å². The number of carbonyl (C=O) groups is 3. The molecule has 3 N–H and O–H groups in total. The highest BCUT2D eigenvalue weighted by atomic mass is 16.4. The van der Waals surface area contributed by atoms with E-state index in [1.807, 2.05) is 0 Å². The summed E-state index contributed by atoms with van der Waals surface area (Å²) in [6.45, 7) is 0.197. The standard InChI is InChI=1S/C12H11NO5/c14-10(5-6-11(15)16)13-7-8-1-3-9(4-2-8)12(17)18/h1-6H,7H2,(H,13,14)(H,15,16)(H,17,18)/b6-5-. The summed E-state index contributed by atoms with van der Waals surface area (Å²) in [5.74, 6) is -2.74. The molecule has 0 unspecified atom stereocenters. The van der Waals surface area contributed by atoms with Crippen LogP contribution < -0.4 is 5.32 Å². The largest absolute Gasteiger partial charge is 0.478 e. The maximum atomic E-state index is 11.1. The number of benzene rings is 1. The second-order valence-electron chi connectivity index (χ2n) is 3.39. The highest BCUT2D eigenvalue weighted by molar-refractivity contribution is 5.93. The summed E-state index contributed by atoms with van der Waals surface area (Å²) in [7, 11) is 0. The number of carboxylic acid groups (broad SMARTS) is 2. The third kappa shape index (κ3) is 4.48. The van der Waals surface area contributed by atoms with Gasteiger partial charge in [-0.3, -0.25) is 4.79 Å². The fourth-order valence-electron chi connectivity index (χ4n) is 1.16. The summed E-state index contributed by atoms with van der Waals surface area (Å²) in [5.41, 5.74) is 0.882. The predicted octanol–water partition coefficient (Wildman–Crippen LogP) is 0.642. The van der Waals surface area contributed by atoms with Crippen LogP contribution in [0.4, 0.5) is 0 Å². The SMILES string of the molecule is O=C(O)/C=C\C(=O)NCc1ccc(C(=O)O)cc1. The maximum absolute atomic E-state index is 11.1. The van der Waals surface area contributed by atoms with Crippen LogP contribution in [0.1, 0.15) is 15.9 Å². The number of nitrogens with one attached hydrogen (secondary N) is 1. The molecule has 1 rings (SSSR count). The lowest BCUT2D eigenvalue weighted by atomic mass is 10.1. The lowest BCUT2D eigenvalue weighted by Crippen LogP contribution is -2.20. The zero-order chi connectivity index (χ0) is 13.5. The molecule has 6 nitrogen and oxygen atoms in total. The van der Waals surface area contributed by atoms with E-state index in [-0.39, 0.29) is 12.1 Å². The Morgan fingerprint density at radius 1 is 1.06 bits per heavy atom. The Hall–Kier alpha value is -2.63. The zero-order valence-electron chi connectivity index (χ0n) is 9.29. The number of hydrogen-bond acceptors (Lipinski definition) is 3. The van der Waals surface area contributed by atoms with Crippen LogP contribution >= 0.6 is 0 Å². The molecule has 0 saturated carbocycles. The summed E-state index contributed by atoms with van der Waals surface area (Å²) in [4.78, 5) is 31.9. The van der Waals surface area contributed by atoms with E-state index >= 15 is 0 Å². The third-order valence-corrected chi connectivity index (χ3v) is 2.04. The number of rotatable bonds is 5. The zero-order valence-corrected chi connectivity index (χ0v) is 9.29. The van der Waals surface area contributed by atoms with Gasteiger partial charge in [0.25, 0.3) is 0 Å². The molecule has 0 heterocycles. The molecule has 0 spiro atoms. The van der Waals surface area contributed by atoms with Gasteiger partial charge in [0, 0.05) is 18.7 Å². The summed E-state index contributed by atoms with van der Waals surface area (Å²) in [6.07, 6.45) is 1.65. The Kier molecular flexibility index (Phi) is 4.62. The number of amides is 1. The number of hydrogen-bond donors (Lipinski definition) is 3. The molecule has 0 radical (unpaired) electrons. The van der Waals surface area contributed by atoms with Gasteiger partial charge >= 0.3 is 11.9 Å². The van der Waals surface area contributed by atoms with Crippen molar-refractivity contribution in [3.05, 3.63) is 47.5 Å². The van der Waals surface area contributed by atoms with E-state index in [0.29, 0.717) is 0 Å². The van der Waals surface area contributed by atoms with Crippen LogP contribution in [0.2, 0.25) is 0 Å². The summed E-state index contributed by atoms with van der Waals surface area (Å²) in [6, 6.07) is 6.00. The normalized spacial score (nSPS) is 10.2. The smallest absolute Gasteiger partial charge is 0.335 e. The topological polar surface area (TPSA) is 104 Å². The Bertz CT molecular complexity index is 490. The molecule has 1 aromatic rings. The van der Waals surface area contributed by atoms with E-state index in [4.69, 9.17) is 10.2 Å². The van der Waals surface area contributed by atoms with Crippen LogP contribution in [0.25, 0.3) is 0 Å². The van der Waals surface area contributed by atoms with Crippen LogP contribution in [0.3, 0.4) is 0 Å². The summed E-state index contributed by atoms with van der Waals surface area (Å²) < 4.78 is 0. The predicted molar refractivity (Wildman–Crippen MR) is 62.0 cm³/mol. The fourth-order valence-corrected chi connectivity index (χ4v) is 1.16. The fraction of sp³-hybridized carbons (Fsp3) is 0.0833. The van der Waals surface area contributed by atoms with Gasteiger partial charge in [0.15, 0.2) is 0 Å². The van der Waals surface area contributed by atoms with Gasteiger partial charge in [-0.25, -0.2) is 9.59 Å². The van der Waals surface area contributed by atoms with Gasteiger partial charge in [0.1, 0.15) is 0 Å². The molecule has 0 atom stereocenters. The molecule has 1 amide bonds. The van der Waals surface area contributed by atoms with Crippen molar-refractivity contribution >= 4 is 17.8 Å². The van der Waals surface area contributed by atoms with Gasteiger partial charge in [-0.1, -0.05) is 12.1 Å². The first-order chi connectivity index (χ1) is 8.49. The molecule has 0 fully saturated rings. The first-order valence-corrected chi connectivity index (χ1v) is 5.00. The Balaban J connectivity index is 2.51. The molecule has 18 heavy (non-hydrogen) atoms. The van der Waals surface area contributed by atoms with Gasteiger partial charge in [-0.2, -0.15) is 0 Å². The average molecular weight is 249 g/mol. The van der Waals surface area contributed by atoms with E-state index in [1.165, 1.54) is 12.1 Å². The minimum Gasteiger partial charge on any atom is -0.478 e. The number of carboxylic acids is 2. The van der Waals surface area contributed by atoms with E-state index in [2.05, 4.69) is 5.32 Å². The lowest BCUT2D eigenvalue weighted by molar-refractivity contribution is -0.131. The monoisotopic (exact) mass is 249 g/mol. The van der Waals surface area contributed by atoms with E-state index in [1.54, 1.807) is 12.1 Å². The highest BCUT2D eigenvalue weighted by Crippen LogP contribution is 2.04. The van der Waals surface area contributed by atoms with E-state index in [9.17, 15) is 14.4 Å². The first-order valence-electron chi connectivity index (χ1n) is 5.00. The molecule has 1 aromatic carbocycles. The molecule has 0 saturated heterocycles. The molecule has 6 heteroatoms. The number of aliphatic carboxylic acids is 1. The quantitative estimate of drug-likeness (QED) is 0.664. The van der Waals surface area contributed by atoms with E-state index < -0.39 is 17.8 Å². The van der Waals surface area contributed by atoms with Crippen LogP contribution in [0.5, 0.6) is 0 Å². The van der Waals surface area contributed by atoms with Crippen LogP contribution in [-0.2, 0) is 16.1 Å². The molecule has 0 bridgehead atoms. The number of carbonyl (C=O) groups excluding carboxylic acids is 1. The molecule has 0 aliphatic carbocycles.